The number of hydrogen-bond donors (Lipinski definition) is 0. The summed E-state index contributed by atoms with van der Waals surface area (Å²) in [5.41, 5.74) is 0.667. The van der Waals surface area contributed by atoms with Crippen LogP contribution in [0.15, 0.2) is 88.2 Å². The van der Waals surface area contributed by atoms with Crippen LogP contribution in [0.5, 0.6) is 0 Å². The molecule has 1 aliphatic rings. The molecule has 0 aliphatic carbocycles. The van der Waals surface area contributed by atoms with Crippen LogP contribution < -0.4 is 4.90 Å². The number of halogens is 4. The molecule has 0 spiro atoms. The zero-order valence-corrected chi connectivity index (χ0v) is 22.8. The van der Waals surface area contributed by atoms with Crippen LogP contribution in [0.25, 0.3) is 0 Å². The largest absolute Gasteiger partial charge is 0.416 e. The number of piperazine rings is 1. The van der Waals surface area contributed by atoms with E-state index in [0.29, 0.717) is 25.2 Å². The van der Waals surface area contributed by atoms with Crippen molar-refractivity contribution >= 4 is 37.5 Å². The molecule has 4 rings (SSSR count). The van der Waals surface area contributed by atoms with E-state index in [2.05, 4.69) is 15.9 Å². The maximum Gasteiger partial charge on any atom is 0.416 e. The molecule has 3 aromatic carbocycles. The molecule has 1 aliphatic heterocycles. The number of anilines is 1. The molecule has 202 valence electrons. The van der Waals surface area contributed by atoms with E-state index in [9.17, 15) is 26.4 Å². The van der Waals surface area contributed by atoms with Crippen molar-refractivity contribution in [1.82, 2.24) is 9.21 Å². The zero-order chi connectivity index (χ0) is 27.3. The summed E-state index contributed by atoms with van der Waals surface area (Å²) in [6.45, 7) is 1.04. The lowest BCUT2D eigenvalue weighted by molar-refractivity contribution is -0.137. The second-order valence-electron chi connectivity index (χ2n) is 8.94. The maximum atomic E-state index is 13.5. The fraction of sp³-hybridized carbons (Fsp3) is 0.296. The molecule has 0 atom stereocenters. The van der Waals surface area contributed by atoms with Gasteiger partial charge in [0.1, 0.15) is 0 Å². The molecule has 0 radical (unpaired) electrons. The number of alkyl halides is 3. The van der Waals surface area contributed by atoms with Gasteiger partial charge in [0.25, 0.3) is 0 Å². The second kappa shape index (κ2) is 11.9. The summed E-state index contributed by atoms with van der Waals surface area (Å²) in [5, 5.41) is 0. The highest BCUT2D eigenvalue weighted by Crippen LogP contribution is 2.32. The predicted molar refractivity (Wildman–Crippen MR) is 143 cm³/mol. The Hall–Kier alpha value is -2.89. The summed E-state index contributed by atoms with van der Waals surface area (Å²) in [5.74, 6) is -0.345. The summed E-state index contributed by atoms with van der Waals surface area (Å²) in [4.78, 5) is 16.7. The predicted octanol–water partition coefficient (Wildman–Crippen LogP) is 5.05. The minimum absolute atomic E-state index is 0.0935. The van der Waals surface area contributed by atoms with E-state index >= 15 is 0 Å². The van der Waals surface area contributed by atoms with Crippen molar-refractivity contribution < 1.29 is 26.4 Å². The van der Waals surface area contributed by atoms with E-state index in [-0.39, 0.29) is 37.0 Å². The van der Waals surface area contributed by atoms with Gasteiger partial charge in [-0.1, -0.05) is 52.3 Å². The van der Waals surface area contributed by atoms with Gasteiger partial charge < -0.3 is 9.80 Å². The monoisotopic (exact) mass is 609 g/mol. The first kappa shape index (κ1) is 28.1. The molecule has 3 aromatic rings. The van der Waals surface area contributed by atoms with Crippen LogP contribution >= 0.6 is 15.9 Å². The molecule has 1 amide bonds. The number of sulfonamides is 1. The van der Waals surface area contributed by atoms with Crippen molar-refractivity contribution in [2.45, 2.75) is 17.5 Å². The summed E-state index contributed by atoms with van der Waals surface area (Å²) < 4.78 is 68.2. The minimum atomic E-state index is -4.43. The lowest BCUT2D eigenvalue weighted by Crippen LogP contribution is -2.52. The third-order valence-electron chi connectivity index (χ3n) is 6.43. The Morgan fingerprint density at radius 3 is 2.18 bits per heavy atom. The average Bonchev–Trinajstić information content (AvgIpc) is 2.91. The molecular formula is C27H27BrF3N3O3S. The molecule has 38 heavy (non-hydrogen) atoms. The lowest BCUT2D eigenvalue weighted by atomic mass is 10.1. The molecule has 1 fully saturated rings. The van der Waals surface area contributed by atoms with Crippen LogP contribution in [0.4, 0.5) is 18.9 Å². The fourth-order valence-corrected chi connectivity index (χ4v) is 5.94. The second-order valence-corrected chi connectivity index (χ2v) is 11.8. The first-order valence-electron chi connectivity index (χ1n) is 12.0. The van der Waals surface area contributed by atoms with Gasteiger partial charge in [-0.2, -0.15) is 17.5 Å². The Labute approximate surface area is 228 Å². The third-order valence-corrected chi connectivity index (χ3v) is 8.81. The average molecular weight is 610 g/mol. The SMILES string of the molecule is O=C(CN(CCc1ccccc1)S(=O)(=O)c1ccc(Br)cc1)N1CCN(c2cccc(C(F)(F)F)c2)CC1. The van der Waals surface area contributed by atoms with Gasteiger partial charge in [0.2, 0.25) is 15.9 Å². The van der Waals surface area contributed by atoms with Gasteiger partial charge >= 0.3 is 6.18 Å². The highest BCUT2D eigenvalue weighted by Gasteiger charge is 2.32. The van der Waals surface area contributed by atoms with E-state index in [1.165, 1.54) is 22.5 Å². The van der Waals surface area contributed by atoms with Crippen molar-refractivity contribution in [2.75, 3.05) is 44.2 Å². The minimum Gasteiger partial charge on any atom is -0.368 e. The number of amides is 1. The van der Waals surface area contributed by atoms with Gasteiger partial charge in [-0.3, -0.25) is 4.79 Å². The normalized spacial score (nSPS) is 14.7. The van der Waals surface area contributed by atoms with E-state index in [4.69, 9.17) is 0 Å². The van der Waals surface area contributed by atoms with Gasteiger partial charge in [-0.15, -0.1) is 0 Å². The molecule has 1 heterocycles. The van der Waals surface area contributed by atoms with Gasteiger partial charge in [-0.05, 0) is 54.4 Å². The molecule has 0 aromatic heterocycles. The van der Waals surface area contributed by atoms with E-state index in [1.807, 2.05) is 30.3 Å². The van der Waals surface area contributed by atoms with Crippen LogP contribution in [0.1, 0.15) is 11.1 Å². The van der Waals surface area contributed by atoms with Crippen LogP contribution in [0.2, 0.25) is 0 Å². The van der Waals surface area contributed by atoms with Crippen molar-refractivity contribution in [1.29, 1.82) is 0 Å². The Kier molecular flexibility index (Phi) is 8.79. The Morgan fingerprint density at radius 1 is 0.895 bits per heavy atom. The first-order chi connectivity index (χ1) is 18.0. The lowest BCUT2D eigenvalue weighted by Gasteiger charge is -2.37. The van der Waals surface area contributed by atoms with E-state index in [0.717, 1.165) is 22.2 Å². The van der Waals surface area contributed by atoms with Gasteiger partial charge in [0.05, 0.1) is 17.0 Å². The summed E-state index contributed by atoms with van der Waals surface area (Å²) >= 11 is 3.31. The number of carbonyl (C=O) groups is 1. The molecule has 0 bridgehead atoms. The fourth-order valence-electron chi connectivity index (χ4n) is 4.28. The van der Waals surface area contributed by atoms with Crippen LogP contribution in [0, 0.1) is 0 Å². The molecule has 0 unspecified atom stereocenters. The molecule has 0 N–H and O–H groups in total. The van der Waals surface area contributed by atoms with Crippen LogP contribution in [-0.2, 0) is 27.4 Å². The Morgan fingerprint density at radius 2 is 1.55 bits per heavy atom. The summed E-state index contributed by atoms with van der Waals surface area (Å²) in [6, 6.07) is 20.8. The summed E-state index contributed by atoms with van der Waals surface area (Å²) in [6.07, 6.45) is -4.00. The number of nitrogens with zero attached hydrogens (tertiary/aromatic N) is 3. The van der Waals surface area contributed by atoms with Crippen molar-refractivity contribution in [3.63, 3.8) is 0 Å². The quantitative estimate of drug-likeness (QED) is 0.359. The standard InChI is InChI=1S/C27H27BrF3N3O3S/c28-23-9-11-25(12-10-23)38(36,37)34(14-13-21-5-2-1-3-6-21)20-26(35)33-17-15-32(16-18-33)24-8-4-7-22(19-24)27(29,30)31/h1-12,19H,13-18,20H2. The van der Waals surface area contributed by atoms with Gasteiger partial charge in [0, 0.05) is 42.9 Å². The van der Waals surface area contributed by atoms with Crippen molar-refractivity contribution in [3.05, 3.63) is 94.5 Å². The van der Waals surface area contributed by atoms with Crippen LogP contribution in [0.3, 0.4) is 0 Å². The summed E-state index contributed by atoms with van der Waals surface area (Å²) in [7, 11) is -3.95. The topological polar surface area (TPSA) is 60.9 Å². The molecule has 11 heteroatoms. The van der Waals surface area contributed by atoms with Crippen molar-refractivity contribution in [3.8, 4) is 0 Å². The third kappa shape index (κ3) is 6.95. The highest BCUT2D eigenvalue weighted by atomic mass is 79.9. The van der Waals surface area contributed by atoms with Crippen LogP contribution in [-0.4, -0.2) is 62.8 Å². The van der Waals surface area contributed by atoms with Gasteiger partial charge in [-0.25, -0.2) is 8.42 Å². The smallest absolute Gasteiger partial charge is 0.368 e. The maximum absolute atomic E-state index is 13.5. The molecule has 1 saturated heterocycles. The van der Waals surface area contributed by atoms with Crippen molar-refractivity contribution in [2.24, 2.45) is 0 Å². The molecule has 6 nitrogen and oxygen atoms in total. The number of hydrogen-bond acceptors (Lipinski definition) is 4. The Bertz CT molecular complexity index is 1350. The first-order valence-corrected chi connectivity index (χ1v) is 14.3. The van der Waals surface area contributed by atoms with Gasteiger partial charge in [0.15, 0.2) is 0 Å². The number of rotatable bonds is 8. The number of benzene rings is 3. The Balaban J connectivity index is 1.45. The van der Waals surface area contributed by atoms with E-state index in [1.54, 1.807) is 28.0 Å². The highest BCUT2D eigenvalue weighted by molar-refractivity contribution is 9.10. The number of carbonyl (C=O) groups excluding carboxylic acids is 1. The molecular weight excluding hydrogens is 583 g/mol. The molecule has 0 saturated carbocycles. The zero-order valence-electron chi connectivity index (χ0n) is 20.4. The van der Waals surface area contributed by atoms with E-state index < -0.39 is 21.8 Å².